The summed E-state index contributed by atoms with van der Waals surface area (Å²) >= 11 is 0. The number of nitrogens with two attached hydrogens (primary N) is 1. The summed E-state index contributed by atoms with van der Waals surface area (Å²) < 4.78 is 25.8. The predicted molar refractivity (Wildman–Crippen MR) is 46.6 cm³/mol. The smallest absolute Gasteiger partial charge is 0.272 e. The summed E-state index contributed by atoms with van der Waals surface area (Å²) in [4.78, 5) is 0. The average Bonchev–Trinajstić information content (AvgIpc) is 2.68. The molecule has 0 spiro atoms. The normalized spacial score (nSPS) is 28.1. The van der Waals surface area contributed by atoms with Gasteiger partial charge >= 0.3 is 0 Å². The lowest BCUT2D eigenvalue weighted by atomic mass is 10.0. The molecule has 0 aliphatic heterocycles. The summed E-state index contributed by atoms with van der Waals surface area (Å²) in [6.07, 6.45) is -0.338. The van der Waals surface area contributed by atoms with Crippen LogP contribution in [0.5, 0.6) is 0 Å². The van der Waals surface area contributed by atoms with Crippen LogP contribution < -0.4 is 5.73 Å². The van der Waals surface area contributed by atoms with Crippen LogP contribution in [0.25, 0.3) is 0 Å². The SMILES string of the molecule is N#Cc1cccc(C2(N)CC2(F)F)c1. The first kappa shape index (κ1) is 9.10. The maximum atomic E-state index is 12.9. The van der Waals surface area contributed by atoms with Crippen molar-refractivity contribution in [2.24, 2.45) is 5.73 Å². The molecule has 14 heavy (non-hydrogen) atoms. The molecule has 2 rings (SSSR count). The van der Waals surface area contributed by atoms with Crippen molar-refractivity contribution in [3.8, 4) is 6.07 Å². The minimum Gasteiger partial charge on any atom is -0.316 e. The van der Waals surface area contributed by atoms with E-state index in [2.05, 4.69) is 0 Å². The second-order valence-electron chi connectivity index (χ2n) is 3.55. The highest BCUT2D eigenvalue weighted by molar-refractivity contribution is 5.41. The summed E-state index contributed by atoms with van der Waals surface area (Å²) in [5.41, 5.74) is 4.65. The molecule has 1 fully saturated rings. The van der Waals surface area contributed by atoms with E-state index >= 15 is 0 Å². The van der Waals surface area contributed by atoms with Crippen molar-refractivity contribution >= 4 is 0 Å². The zero-order valence-electron chi connectivity index (χ0n) is 7.30. The highest BCUT2D eigenvalue weighted by Gasteiger charge is 2.69. The van der Waals surface area contributed by atoms with Gasteiger partial charge in [-0.3, -0.25) is 0 Å². The quantitative estimate of drug-likeness (QED) is 0.740. The van der Waals surface area contributed by atoms with Gasteiger partial charge in [0.25, 0.3) is 5.92 Å². The first-order chi connectivity index (χ1) is 6.49. The van der Waals surface area contributed by atoms with E-state index in [0.717, 1.165) is 0 Å². The first-order valence-corrected chi connectivity index (χ1v) is 4.17. The molecule has 1 aromatic carbocycles. The topological polar surface area (TPSA) is 49.8 Å². The van der Waals surface area contributed by atoms with E-state index in [-0.39, 0.29) is 6.42 Å². The summed E-state index contributed by atoms with van der Waals surface area (Å²) in [7, 11) is 0. The van der Waals surface area contributed by atoms with Crippen LogP contribution in [0.3, 0.4) is 0 Å². The Morgan fingerprint density at radius 2 is 2.07 bits per heavy atom. The van der Waals surface area contributed by atoms with Gasteiger partial charge in [-0.05, 0) is 17.7 Å². The molecule has 0 bridgehead atoms. The van der Waals surface area contributed by atoms with Crippen molar-refractivity contribution in [2.75, 3.05) is 0 Å². The van der Waals surface area contributed by atoms with Crippen molar-refractivity contribution in [1.29, 1.82) is 5.26 Å². The molecule has 0 saturated heterocycles. The molecular formula is C10H8F2N2. The van der Waals surface area contributed by atoms with E-state index in [4.69, 9.17) is 11.0 Å². The van der Waals surface area contributed by atoms with Crippen LogP contribution in [0.4, 0.5) is 8.78 Å². The molecule has 2 nitrogen and oxygen atoms in total. The zero-order valence-corrected chi connectivity index (χ0v) is 7.30. The Kier molecular flexibility index (Phi) is 1.64. The standard InChI is InChI=1S/C10H8F2N2/c11-10(12)6-9(10,14)8-3-1-2-7(4-8)5-13/h1-4H,6,14H2. The molecule has 1 aromatic rings. The second-order valence-corrected chi connectivity index (χ2v) is 3.55. The summed E-state index contributed by atoms with van der Waals surface area (Å²) in [6.45, 7) is 0. The lowest BCUT2D eigenvalue weighted by Gasteiger charge is -2.10. The van der Waals surface area contributed by atoms with Gasteiger partial charge in [0.1, 0.15) is 5.54 Å². The van der Waals surface area contributed by atoms with Crippen LogP contribution in [-0.2, 0) is 5.54 Å². The van der Waals surface area contributed by atoms with Crippen molar-refractivity contribution in [2.45, 2.75) is 17.9 Å². The summed E-state index contributed by atoms with van der Waals surface area (Å²) in [6, 6.07) is 7.97. The van der Waals surface area contributed by atoms with Gasteiger partial charge in [-0.25, -0.2) is 8.78 Å². The van der Waals surface area contributed by atoms with Crippen molar-refractivity contribution in [3.63, 3.8) is 0 Å². The summed E-state index contributed by atoms with van der Waals surface area (Å²) in [5, 5.41) is 8.60. The van der Waals surface area contributed by atoms with Gasteiger partial charge in [0.15, 0.2) is 0 Å². The third-order valence-corrected chi connectivity index (χ3v) is 2.54. The number of benzene rings is 1. The fourth-order valence-corrected chi connectivity index (χ4v) is 1.49. The first-order valence-electron chi connectivity index (χ1n) is 4.17. The van der Waals surface area contributed by atoms with Gasteiger partial charge in [-0.2, -0.15) is 5.26 Å². The lowest BCUT2D eigenvalue weighted by Crippen LogP contribution is -2.27. The number of rotatable bonds is 1. The van der Waals surface area contributed by atoms with E-state index in [1.54, 1.807) is 12.1 Å². The average molecular weight is 194 g/mol. The molecule has 1 saturated carbocycles. The molecule has 1 unspecified atom stereocenters. The largest absolute Gasteiger partial charge is 0.316 e. The molecule has 1 aliphatic rings. The van der Waals surface area contributed by atoms with E-state index in [0.29, 0.717) is 11.1 Å². The van der Waals surface area contributed by atoms with E-state index in [1.165, 1.54) is 12.1 Å². The Morgan fingerprint density at radius 3 is 2.57 bits per heavy atom. The molecule has 0 heterocycles. The molecule has 0 radical (unpaired) electrons. The predicted octanol–water partition coefficient (Wildman–Crippen LogP) is 1.75. The van der Waals surface area contributed by atoms with Crippen molar-refractivity contribution in [3.05, 3.63) is 35.4 Å². The van der Waals surface area contributed by atoms with Gasteiger partial charge < -0.3 is 5.73 Å². The Hall–Kier alpha value is -1.47. The highest BCUT2D eigenvalue weighted by Crippen LogP contribution is 2.57. The Bertz CT molecular complexity index is 422. The van der Waals surface area contributed by atoms with Crippen LogP contribution >= 0.6 is 0 Å². The van der Waals surface area contributed by atoms with Crippen molar-refractivity contribution < 1.29 is 8.78 Å². The van der Waals surface area contributed by atoms with E-state index in [9.17, 15) is 8.78 Å². The monoisotopic (exact) mass is 194 g/mol. The third kappa shape index (κ3) is 1.10. The van der Waals surface area contributed by atoms with Gasteiger partial charge in [0.2, 0.25) is 0 Å². The van der Waals surface area contributed by atoms with Crippen LogP contribution in [0, 0.1) is 11.3 Å². The van der Waals surface area contributed by atoms with E-state index in [1.807, 2.05) is 6.07 Å². The number of halogens is 2. The molecule has 0 amide bonds. The van der Waals surface area contributed by atoms with E-state index < -0.39 is 11.5 Å². The Balaban J connectivity index is 2.41. The third-order valence-electron chi connectivity index (χ3n) is 2.54. The van der Waals surface area contributed by atoms with Crippen LogP contribution in [0.15, 0.2) is 24.3 Å². The molecular weight excluding hydrogens is 186 g/mol. The molecule has 0 aromatic heterocycles. The maximum absolute atomic E-state index is 12.9. The number of hydrogen-bond acceptors (Lipinski definition) is 2. The molecule has 4 heteroatoms. The zero-order chi connectivity index (χ0) is 10.4. The Labute approximate surface area is 79.9 Å². The van der Waals surface area contributed by atoms with Gasteiger partial charge in [-0.15, -0.1) is 0 Å². The van der Waals surface area contributed by atoms with Crippen molar-refractivity contribution in [1.82, 2.24) is 0 Å². The molecule has 1 aliphatic carbocycles. The number of nitriles is 1. The number of alkyl halides is 2. The minimum atomic E-state index is -2.83. The molecule has 1 atom stereocenters. The highest BCUT2D eigenvalue weighted by atomic mass is 19.3. The van der Waals surface area contributed by atoms with Crippen LogP contribution in [-0.4, -0.2) is 5.92 Å². The maximum Gasteiger partial charge on any atom is 0.272 e. The van der Waals surface area contributed by atoms with Gasteiger partial charge in [-0.1, -0.05) is 12.1 Å². The second kappa shape index (κ2) is 2.52. The number of hydrogen-bond donors (Lipinski definition) is 1. The van der Waals surface area contributed by atoms with Crippen LogP contribution in [0.2, 0.25) is 0 Å². The fraction of sp³-hybridized carbons (Fsp3) is 0.300. The fourth-order valence-electron chi connectivity index (χ4n) is 1.49. The minimum absolute atomic E-state index is 0.335. The molecule has 2 N–H and O–H groups in total. The van der Waals surface area contributed by atoms with Gasteiger partial charge in [0, 0.05) is 6.42 Å². The Morgan fingerprint density at radius 1 is 1.43 bits per heavy atom. The lowest BCUT2D eigenvalue weighted by molar-refractivity contribution is 0.0891. The summed E-state index contributed by atoms with van der Waals surface area (Å²) in [5.74, 6) is -2.83. The molecule has 72 valence electrons. The number of nitrogens with zero attached hydrogens (tertiary/aromatic N) is 1. The van der Waals surface area contributed by atoms with Crippen LogP contribution in [0.1, 0.15) is 17.5 Å². The van der Waals surface area contributed by atoms with Gasteiger partial charge in [0.05, 0.1) is 11.6 Å².